The van der Waals surface area contributed by atoms with Gasteiger partial charge in [0.1, 0.15) is 6.54 Å². The SMILES string of the molecule is CCN(CC)C(=O)Cn1cc(C(=O)C(=O)N2CCC[C@H](C)C2)c2ccccc21. The molecule has 2 heterocycles. The summed E-state index contributed by atoms with van der Waals surface area (Å²) in [6.07, 6.45) is 3.69. The van der Waals surface area contributed by atoms with Crippen LogP contribution in [0.1, 0.15) is 44.0 Å². The van der Waals surface area contributed by atoms with E-state index in [4.69, 9.17) is 0 Å². The van der Waals surface area contributed by atoms with Crippen molar-refractivity contribution in [3.05, 3.63) is 36.0 Å². The molecule has 1 aliphatic heterocycles. The van der Waals surface area contributed by atoms with Crippen LogP contribution in [-0.4, -0.2) is 58.1 Å². The van der Waals surface area contributed by atoms with Crippen LogP contribution in [0.2, 0.25) is 0 Å². The summed E-state index contributed by atoms with van der Waals surface area (Å²) < 4.78 is 1.79. The van der Waals surface area contributed by atoms with E-state index in [1.54, 1.807) is 20.6 Å². The number of carbonyl (C=O) groups is 3. The molecule has 1 saturated heterocycles. The second kappa shape index (κ2) is 8.59. The molecule has 0 radical (unpaired) electrons. The number of benzene rings is 1. The third kappa shape index (κ3) is 3.96. The highest BCUT2D eigenvalue weighted by Gasteiger charge is 2.29. The molecule has 6 heteroatoms. The van der Waals surface area contributed by atoms with E-state index in [0.717, 1.165) is 23.7 Å². The number of likely N-dealkylation sites (N-methyl/N-ethyl adjacent to an activating group) is 1. The number of carbonyl (C=O) groups excluding carboxylic acids is 3. The lowest BCUT2D eigenvalue weighted by Crippen LogP contribution is -2.42. The molecule has 1 fully saturated rings. The minimum Gasteiger partial charge on any atom is -0.342 e. The minimum atomic E-state index is -0.487. The van der Waals surface area contributed by atoms with Gasteiger partial charge in [0.25, 0.3) is 11.7 Å². The van der Waals surface area contributed by atoms with Gasteiger partial charge in [-0.2, -0.15) is 0 Å². The van der Waals surface area contributed by atoms with E-state index < -0.39 is 11.7 Å². The van der Waals surface area contributed by atoms with E-state index in [1.165, 1.54) is 0 Å². The summed E-state index contributed by atoms with van der Waals surface area (Å²) in [6.45, 7) is 8.71. The van der Waals surface area contributed by atoms with Crippen molar-refractivity contribution in [1.29, 1.82) is 0 Å². The lowest BCUT2D eigenvalue weighted by atomic mass is 9.99. The largest absolute Gasteiger partial charge is 0.342 e. The topological polar surface area (TPSA) is 62.6 Å². The molecule has 6 nitrogen and oxygen atoms in total. The third-order valence-electron chi connectivity index (χ3n) is 5.59. The average Bonchev–Trinajstić information content (AvgIpc) is 3.06. The molecule has 0 N–H and O–H groups in total. The van der Waals surface area contributed by atoms with Gasteiger partial charge in [0.15, 0.2) is 0 Å². The Morgan fingerprint density at radius 2 is 1.86 bits per heavy atom. The van der Waals surface area contributed by atoms with E-state index >= 15 is 0 Å². The highest BCUT2D eigenvalue weighted by molar-refractivity contribution is 6.44. The van der Waals surface area contributed by atoms with Crippen molar-refractivity contribution < 1.29 is 14.4 Å². The number of piperidine rings is 1. The number of Topliss-reactive ketones (excluding diaryl/α,β-unsaturated/α-hetero) is 1. The maximum Gasteiger partial charge on any atom is 0.295 e. The van der Waals surface area contributed by atoms with Crippen molar-refractivity contribution in [2.75, 3.05) is 26.2 Å². The van der Waals surface area contributed by atoms with Crippen LogP contribution in [0.25, 0.3) is 10.9 Å². The van der Waals surface area contributed by atoms with Gasteiger partial charge in [-0.3, -0.25) is 14.4 Å². The number of amides is 2. The molecule has 1 aliphatic rings. The van der Waals surface area contributed by atoms with Crippen LogP contribution in [0.15, 0.2) is 30.5 Å². The van der Waals surface area contributed by atoms with Crippen molar-refractivity contribution in [2.45, 2.75) is 40.2 Å². The van der Waals surface area contributed by atoms with Crippen LogP contribution in [0, 0.1) is 5.92 Å². The zero-order valence-corrected chi connectivity index (χ0v) is 17.0. The van der Waals surface area contributed by atoms with E-state index in [0.29, 0.717) is 37.7 Å². The Morgan fingerprint density at radius 3 is 2.54 bits per heavy atom. The lowest BCUT2D eigenvalue weighted by Gasteiger charge is -2.30. The van der Waals surface area contributed by atoms with Crippen molar-refractivity contribution >= 4 is 28.5 Å². The van der Waals surface area contributed by atoms with Gasteiger partial charge in [0.2, 0.25) is 5.91 Å². The molecule has 0 bridgehead atoms. The monoisotopic (exact) mass is 383 g/mol. The van der Waals surface area contributed by atoms with E-state index in [1.807, 2.05) is 38.1 Å². The molecule has 150 valence electrons. The van der Waals surface area contributed by atoms with Gasteiger partial charge in [0, 0.05) is 43.3 Å². The maximum absolute atomic E-state index is 13.0. The van der Waals surface area contributed by atoms with Gasteiger partial charge in [-0.05, 0) is 38.7 Å². The number of hydrogen-bond donors (Lipinski definition) is 0. The van der Waals surface area contributed by atoms with Crippen molar-refractivity contribution in [1.82, 2.24) is 14.4 Å². The van der Waals surface area contributed by atoms with Crippen LogP contribution in [-0.2, 0) is 16.1 Å². The van der Waals surface area contributed by atoms with Gasteiger partial charge >= 0.3 is 0 Å². The molecule has 0 aliphatic carbocycles. The summed E-state index contributed by atoms with van der Waals surface area (Å²) in [5.41, 5.74) is 1.18. The van der Waals surface area contributed by atoms with Crippen LogP contribution in [0.3, 0.4) is 0 Å². The molecule has 1 aromatic heterocycles. The molecule has 28 heavy (non-hydrogen) atoms. The Hall–Kier alpha value is -2.63. The normalized spacial score (nSPS) is 17.0. The van der Waals surface area contributed by atoms with Crippen molar-refractivity contribution in [3.8, 4) is 0 Å². The predicted octanol–water partition coefficient (Wildman–Crippen LogP) is 2.95. The highest BCUT2D eigenvalue weighted by atomic mass is 16.2. The van der Waals surface area contributed by atoms with E-state index in [2.05, 4.69) is 6.92 Å². The second-order valence-electron chi connectivity index (χ2n) is 7.58. The van der Waals surface area contributed by atoms with Crippen LogP contribution < -0.4 is 0 Å². The smallest absolute Gasteiger partial charge is 0.295 e. The Bertz CT molecular complexity index is 882. The quantitative estimate of drug-likeness (QED) is 0.569. The number of para-hydroxylation sites is 1. The lowest BCUT2D eigenvalue weighted by molar-refractivity contribution is -0.131. The Kier molecular flexibility index (Phi) is 6.17. The summed E-state index contributed by atoms with van der Waals surface area (Å²) in [4.78, 5) is 41.8. The minimum absolute atomic E-state index is 0.000865. The Balaban J connectivity index is 1.90. The molecule has 1 atom stereocenters. The van der Waals surface area contributed by atoms with Gasteiger partial charge in [-0.1, -0.05) is 25.1 Å². The number of likely N-dealkylation sites (tertiary alicyclic amines) is 1. The van der Waals surface area contributed by atoms with Gasteiger partial charge in [-0.15, -0.1) is 0 Å². The fourth-order valence-corrected chi connectivity index (χ4v) is 4.01. The molecular formula is C22H29N3O3. The highest BCUT2D eigenvalue weighted by Crippen LogP contribution is 2.24. The number of nitrogens with zero attached hydrogens (tertiary/aromatic N) is 3. The average molecular weight is 383 g/mol. The maximum atomic E-state index is 13.0. The van der Waals surface area contributed by atoms with Gasteiger partial charge < -0.3 is 14.4 Å². The summed E-state index contributed by atoms with van der Waals surface area (Å²) >= 11 is 0. The molecule has 2 aromatic rings. The summed E-state index contributed by atoms with van der Waals surface area (Å²) in [5.74, 6) is -0.511. The molecule has 0 unspecified atom stereocenters. The number of ketones is 1. The van der Waals surface area contributed by atoms with E-state index in [9.17, 15) is 14.4 Å². The first-order valence-electron chi connectivity index (χ1n) is 10.2. The van der Waals surface area contributed by atoms with E-state index in [-0.39, 0.29) is 12.5 Å². The van der Waals surface area contributed by atoms with Crippen molar-refractivity contribution in [3.63, 3.8) is 0 Å². The summed E-state index contributed by atoms with van der Waals surface area (Å²) in [5, 5.41) is 0.721. The second-order valence-corrected chi connectivity index (χ2v) is 7.58. The predicted molar refractivity (Wildman–Crippen MR) is 109 cm³/mol. The molecule has 2 amide bonds. The zero-order valence-electron chi connectivity index (χ0n) is 17.0. The molecule has 1 aromatic carbocycles. The zero-order chi connectivity index (χ0) is 20.3. The number of aromatic nitrogens is 1. The molecule has 0 saturated carbocycles. The fourth-order valence-electron chi connectivity index (χ4n) is 4.01. The number of fused-ring (bicyclic) bond motifs is 1. The fraction of sp³-hybridized carbons (Fsp3) is 0.500. The number of rotatable bonds is 6. The first-order chi connectivity index (χ1) is 13.5. The summed E-state index contributed by atoms with van der Waals surface area (Å²) in [7, 11) is 0. The van der Waals surface area contributed by atoms with Crippen LogP contribution >= 0.6 is 0 Å². The van der Waals surface area contributed by atoms with Crippen LogP contribution in [0.5, 0.6) is 0 Å². The van der Waals surface area contributed by atoms with Gasteiger partial charge in [-0.25, -0.2) is 0 Å². The third-order valence-corrected chi connectivity index (χ3v) is 5.59. The number of hydrogen-bond acceptors (Lipinski definition) is 3. The standard InChI is InChI=1S/C22H29N3O3/c1-4-23(5-2)20(26)15-25-14-18(17-10-6-7-11-19(17)25)21(27)22(28)24-12-8-9-16(3)13-24/h6-7,10-11,14,16H,4-5,8-9,12-13,15H2,1-3H3/t16-/m0/s1. The first-order valence-corrected chi connectivity index (χ1v) is 10.2. The van der Waals surface area contributed by atoms with Gasteiger partial charge in [0.05, 0.1) is 5.56 Å². The molecule has 0 spiro atoms. The van der Waals surface area contributed by atoms with Crippen LogP contribution in [0.4, 0.5) is 0 Å². The Morgan fingerprint density at radius 1 is 1.14 bits per heavy atom. The summed E-state index contributed by atoms with van der Waals surface area (Å²) in [6, 6.07) is 7.45. The molecular weight excluding hydrogens is 354 g/mol. The first kappa shape index (κ1) is 20.1. The molecule has 3 rings (SSSR count). The Labute approximate surface area is 166 Å². The van der Waals surface area contributed by atoms with Crippen molar-refractivity contribution in [2.24, 2.45) is 5.92 Å².